The van der Waals surface area contributed by atoms with Gasteiger partial charge in [-0.1, -0.05) is 0 Å². The molecule has 2 aromatic rings. The summed E-state index contributed by atoms with van der Waals surface area (Å²) in [6.45, 7) is 28.6. The summed E-state index contributed by atoms with van der Waals surface area (Å²) < 4.78 is 3.56. The Morgan fingerprint density at radius 3 is 0.812 bits per heavy atom. The number of benzene rings is 2. The average Bonchev–Trinajstić information content (AvgIpc) is 2.70. The molecule has 2 rings (SSSR count). The summed E-state index contributed by atoms with van der Waals surface area (Å²) in [6, 6.07) is 10.3. The molecular weight excluding hydrogens is 552 g/mol. The van der Waals surface area contributed by atoms with E-state index in [1.54, 1.807) is 29.4 Å². The van der Waals surface area contributed by atoms with E-state index in [9.17, 15) is 0 Å². The Morgan fingerprint density at radius 2 is 0.656 bits per heavy atom. The molecule has 0 heterocycles. The van der Waals surface area contributed by atoms with Crippen LogP contribution in [0.4, 0.5) is 0 Å². The molecule has 0 fully saturated rings. The first-order valence-electron chi connectivity index (χ1n) is 12.7. The molecule has 0 aromatic heterocycles. The molecule has 0 unspecified atom stereocenters. The van der Waals surface area contributed by atoms with Crippen LogP contribution in [0.1, 0.15) is 152 Å². The van der Waals surface area contributed by atoms with Gasteiger partial charge in [0, 0.05) is 0 Å². The zero-order valence-electron chi connectivity index (χ0n) is 22.8. The fourth-order valence-corrected chi connectivity index (χ4v) is 20.9. The van der Waals surface area contributed by atoms with E-state index in [1.165, 1.54) is 11.1 Å². The standard InChI is InChI=1S/2C15H23.Ge.Sn/c2*1-10(2)13-7-14(11(3)4)9-15(8-13)12(5)6;;/h2*7-8,10-12H,1-6H3;;. The van der Waals surface area contributed by atoms with Crippen molar-refractivity contribution < 1.29 is 0 Å². The minimum absolute atomic E-state index is 0.566. The molecule has 0 saturated carbocycles. The van der Waals surface area contributed by atoms with Crippen LogP contribution in [-0.2, 0) is 0 Å². The van der Waals surface area contributed by atoms with Crippen molar-refractivity contribution >= 4 is 36.6 Å². The fraction of sp³-hybridized carbons (Fsp3) is 0.600. The summed E-state index contributed by atoms with van der Waals surface area (Å²) in [5.41, 5.74) is 9.56. The number of hydrogen-bond donors (Lipinski definition) is 0. The van der Waals surface area contributed by atoms with Crippen LogP contribution in [0.5, 0.6) is 0 Å². The Morgan fingerprint density at radius 1 is 0.438 bits per heavy atom. The van der Waals surface area contributed by atoms with E-state index < -0.39 is 16.8 Å². The second-order valence-electron chi connectivity index (χ2n) is 11.5. The molecule has 2 aromatic carbocycles. The van der Waals surface area contributed by atoms with Gasteiger partial charge in [-0.2, -0.15) is 0 Å². The maximum absolute atomic E-state index is 2.67. The maximum atomic E-state index is 2.67. The van der Waals surface area contributed by atoms with E-state index in [-0.39, 0.29) is 0 Å². The van der Waals surface area contributed by atoms with E-state index >= 15 is 0 Å². The molecule has 0 nitrogen and oxygen atoms in total. The Bertz CT molecular complexity index is 825. The van der Waals surface area contributed by atoms with Gasteiger partial charge in [-0.3, -0.25) is 0 Å². The summed E-state index contributed by atoms with van der Waals surface area (Å²) >= 11 is 0.522. The third-order valence-electron chi connectivity index (χ3n) is 6.76. The van der Waals surface area contributed by atoms with Gasteiger partial charge >= 0.3 is 213 Å². The number of rotatable bonds is 8. The normalized spacial score (nSPS) is 12.3. The van der Waals surface area contributed by atoms with Crippen LogP contribution in [0.15, 0.2) is 24.3 Å². The van der Waals surface area contributed by atoms with Gasteiger partial charge in [0.05, 0.1) is 0 Å². The van der Waals surface area contributed by atoms with Gasteiger partial charge < -0.3 is 0 Å². The van der Waals surface area contributed by atoms with Crippen molar-refractivity contribution in [1.82, 2.24) is 0 Å². The first-order valence-corrected chi connectivity index (χ1v) is 24.0. The second kappa shape index (κ2) is 11.5. The van der Waals surface area contributed by atoms with Gasteiger partial charge in [-0.25, -0.2) is 0 Å². The molecule has 2 heteroatoms. The van der Waals surface area contributed by atoms with E-state index in [4.69, 9.17) is 0 Å². The Kier molecular flexibility index (Phi) is 10.0. The predicted molar refractivity (Wildman–Crippen MR) is 148 cm³/mol. The van der Waals surface area contributed by atoms with Gasteiger partial charge in [-0.15, -0.1) is 0 Å². The molecule has 0 aliphatic heterocycles. The van der Waals surface area contributed by atoms with Crippen molar-refractivity contribution in [2.24, 2.45) is 0 Å². The monoisotopic (exact) mass is 600 g/mol. The van der Waals surface area contributed by atoms with Gasteiger partial charge in [0.1, 0.15) is 0 Å². The molecule has 32 heavy (non-hydrogen) atoms. The van der Waals surface area contributed by atoms with Crippen LogP contribution in [-0.4, -0.2) is 29.4 Å². The molecule has 0 N–H and O–H groups in total. The zero-order chi connectivity index (χ0) is 24.5. The summed E-state index contributed by atoms with van der Waals surface area (Å²) in [4.78, 5) is 0. The van der Waals surface area contributed by atoms with Crippen LogP contribution < -0.4 is 7.16 Å². The summed E-state index contributed by atoms with van der Waals surface area (Å²) in [6.07, 6.45) is 0. The van der Waals surface area contributed by atoms with Gasteiger partial charge in [0.15, 0.2) is 0 Å². The fourth-order valence-electron chi connectivity index (χ4n) is 4.61. The van der Waals surface area contributed by atoms with Crippen LogP contribution in [0.3, 0.4) is 0 Å². The van der Waals surface area contributed by atoms with Crippen molar-refractivity contribution in [1.29, 1.82) is 0 Å². The topological polar surface area (TPSA) is 0 Å². The van der Waals surface area contributed by atoms with Crippen LogP contribution >= 0.6 is 0 Å². The molecule has 0 saturated heterocycles. The first kappa shape index (κ1) is 28.0. The first-order chi connectivity index (χ1) is 14.8. The summed E-state index contributed by atoms with van der Waals surface area (Å²) in [5.74, 6) is 3.42. The Balaban J connectivity index is 2.96. The Hall–Kier alpha value is -0.218. The van der Waals surface area contributed by atoms with Crippen molar-refractivity contribution in [2.45, 2.75) is 119 Å². The van der Waals surface area contributed by atoms with Gasteiger partial charge in [0.25, 0.3) is 0 Å². The van der Waals surface area contributed by atoms with Gasteiger partial charge in [-0.05, 0) is 0 Å². The van der Waals surface area contributed by atoms with E-state index in [0.29, 0.717) is 35.5 Å². The Labute approximate surface area is 211 Å². The third-order valence-corrected chi connectivity index (χ3v) is 20.0. The van der Waals surface area contributed by atoms with Crippen molar-refractivity contribution in [3.8, 4) is 0 Å². The molecule has 0 amide bonds. The van der Waals surface area contributed by atoms with Crippen molar-refractivity contribution in [3.05, 3.63) is 57.6 Å². The molecular formula is C30H46GeSn. The molecule has 0 atom stereocenters. The molecule has 2 radical (unpaired) electrons. The SMILES string of the molecule is CC(C)c1cc(C(C)C)[c]([Sn](=[Ge])[c]2c(C(C)C)cc(C(C)C)cc2C(C)C)c(C(C)C)c1. The second-order valence-corrected chi connectivity index (χ2v) is 23.5. The average molecular weight is 598 g/mol. The van der Waals surface area contributed by atoms with E-state index in [0.717, 1.165) is 0 Å². The summed E-state index contributed by atoms with van der Waals surface area (Å²) in [7, 11) is 0. The summed E-state index contributed by atoms with van der Waals surface area (Å²) in [5, 5.41) is 0. The van der Waals surface area contributed by atoms with Crippen molar-refractivity contribution in [2.75, 3.05) is 0 Å². The van der Waals surface area contributed by atoms with Crippen LogP contribution in [0, 0.1) is 0 Å². The van der Waals surface area contributed by atoms with Gasteiger partial charge in [0.2, 0.25) is 0 Å². The molecule has 0 aliphatic rings. The van der Waals surface area contributed by atoms with Crippen LogP contribution in [0.25, 0.3) is 0 Å². The molecule has 0 spiro atoms. The van der Waals surface area contributed by atoms with E-state index in [2.05, 4.69) is 120 Å². The van der Waals surface area contributed by atoms with E-state index in [1.807, 2.05) is 0 Å². The van der Waals surface area contributed by atoms with Crippen molar-refractivity contribution in [3.63, 3.8) is 0 Å². The van der Waals surface area contributed by atoms with Crippen LogP contribution in [0.2, 0.25) is 0 Å². The third kappa shape index (κ3) is 6.06. The number of hydrogen-bond acceptors (Lipinski definition) is 0. The predicted octanol–water partition coefficient (Wildman–Crippen LogP) is 7.70. The molecule has 174 valence electrons. The quantitative estimate of drug-likeness (QED) is 0.274. The zero-order valence-corrected chi connectivity index (χ0v) is 27.7. The minimum atomic E-state index is -2.15. The molecule has 0 bridgehead atoms. The molecule has 0 aliphatic carbocycles.